The molecule has 2 atom stereocenters. The first kappa shape index (κ1) is 15.7. The van der Waals surface area contributed by atoms with Gasteiger partial charge in [-0.25, -0.2) is 0 Å². The van der Waals surface area contributed by atoms with Crippen LogP contribution in [0.1, 0.15) is 59.8 Å². The van der Waals surface area contributed by atoms with E-state index in [9.17, 15) is 0 Å². The van der Waals surface area contributed by atoms with Crippen LogP contribution in [0.5, 0.6) is 0 Å². The monoisotopic (exact) mass is 351 g/mol. The largest absolute Gasteiger partial charge is 1.00 e. The Morgan fingerprint density at radius 3 is 2.18 bits per heavy atom. The number of halogens is 1. The van der Waals surface area contributed by atoms with Gasteiger partial charge in [-0.2, -0.15) is 0 Å². The third kappa shape index (κ3) is 3.37. The smallest absolute Gasteiger partial charge is 0.0898 e. The third-order valence-electron chi connectivity index (χ3n) is 5.22. The van der Waals surface area contributed by atoms with Gasteiger partial charge in [-0.1, -0.05) is 20.8 Å². The van der Waals surface area contributed by atoms with Crippen LogP contribution >= 0.6 is 0 Å². The molecule has 102 valence electrons. The molecule has 1 aliphatic heterocycles. The molecule has 2 aliphatic rings. The van der Waals surface area contributed by atoms with Crippen LogP contribution in [0.3, 0.4) is 0 Å². The molecule has 0 bridgehead atoms. The van der Waals surface area contributed by atoms with Gasteiger partial charge in [0.15, 0.2) is 0 Å². The Morgan fingerprint density at radius 2 is 1.71 bits per heavy atom. The van der Waals surface area contributed by atoms with Crippen molar-refractivity contribution in [3.63, 3.8) is 0 Å². The fraction of sp³-hybridized carbons (Fsp3) is 1.00. The molecule has 1 saturated carbocycles. The number of nitrogens with zero attached hydrogens (tertiary/aromatic N) is 1. The molecule has 0 aromatic rings. The lowest BCUT2D eigenvalue weighted by molar-refractivity contribution is -0.941. The van der Waals surface area contributed by atoms with Crippen LogP contribution in [0.15, 0.2) is 0 Å². The quantitative estimate of drug-likeness (QED) is 0.511. The lowest BCUT2D eigenvalue weighted by atomic mass is 9.69. The predicted molar refractivity (Wildman–Crippen MR) is 70.4 cm³/mol. The van der Waals surface area contributed by atoms with E-state index in [1.807, 2.05) is 0 Å². The zero-order chi connectivity index (χ0) is 11.8. The van der Waals surface area contributed by atoms with E-state index >= 15 is 0 Å². The Labute approximate surface area is 125 Å². The van der Waals surface area contributed by atoms with Gasteiger partial charge in [0.1, 0.15) is 0 Å². The molecule has 0 radical (unpaired) electrons. The van der Waals surface area contributed by atoms with Crippen molar-refractivity contribution >= 4 is 0 Å². The Kier molecular flexibility index (Phi) is 5.34. The molecule has 0 spiro atoms. The molecule has 1 heterocycles. The van der Waals surface area contributed by atoms with E-state index < -0.39 is 0 Å². The highest BCUT2D eigenvalue weighted by Crippen LogP contribution is 2.43. The van der Waals surface area contributed by atoms with E-state index in [-0.39, 0.29) is 24.0 Å². The van der Waals surface area contributed by atoms with E-state index in [1.165, 1.54) is 56.2 Å². The van der Waals surface area contributed by atoms with Crippen molar-refractivity contribution in [2.75, 3.05) is 19.6 Å². The lowest BCUT2D eigenvalue weighted by Gasteiger charge is -2.48. The molecule has 2 heteroatoms. The highest BCUT2D eigenvalue weighted by molar-refractivity contribution is 4.84. The van der Waals surface area contributed by atoms with Gasteiger partial charge in [0.2, 0.25) is 0 Å². The van der Waals surface area contributed by atoms with E-state index in [2.05, 4.69) is 27.7 Å². The van der Waals surface area contributed by atoms with Gasteiger partial charge in [0, 0.05) is 25.7 Å². The van der Waals surface area contributed by atoms with Crippen LogP contribution in [0.25, 0.3) is 0 Å². The van der Waals surface area contributed by atoms with Gasteiger partial charge in [0.25, 0.3) is 0 Å². The minimum Gasteiger partial charge on any atom is -1.00 e. The van der Waals surface area contributed by atoms with Gasteiger partial charge in [0.05, 0.1) is 25.7 Å². The van der Waals surface area contributed by atoms with Crippen molar-refractivity contribution in [1.82, 2.24) is 0 Å². The van der Waals surface area contributed by atoms with Crippen LogP contribution < -0.4 is 24.0 Å². The van der Waals surface area contributed by atoms with E-state index in [4.69, 9.17) is 0 Å². The molecule has 1 saturated heterocycles. The molecule has 0 amide bonds. The van der Waals surface area contributed by atoms with Gasteiger partial charge in [-0.15, -0.1) is 0 Å². The second-order valence-corrected chi connectivity index (χ2v) is 7.26. The molecule has 0 aromatic heterocycles. The summed E-state index contributed by atoms with van der Waals surface area (Å²) in [5.41, 5.74) is 0.589. The topological polar surface area (TPSA) is 0 Å². The van der Waals surface area contributed by atoms with Crippen LogP contribution in [0.4, 0.5) is 0 Å². The second-order valence-electron chi connectivity index (χ2n) is 7.26. The number of likely N-dealkylation sites (tertiary alicyclic amines) is 1. The first-order valence-electron chi connectivity index (χ1n) is 7.33. The Balaban J connectivity index is 0.00000144. The fourth-order valence-corrected chi connectivity index (χ4v) is 4.62. The molecular formula is C15H30IN. The van der Waals surface area contributed by atoms with Crippen molar-refractivity contribution in [3.05, 3.63) is 0 Å². The van der Waals surface area contributed by atoms with Crippen molar-refractivity contribution in [2.24, 2.45) is 11.3 Å². The summed E-state index contributed by atoms with van der Waals surface area (Å²) in [4.78, 5) is 0. The van der Waals surface area contributed by atoms with Crippen molar-refractivity contribution in [1.29, 1.82) is 0 Å². The average Bonchev–Trinajstić information content (AvgIpc) is 2.63. The summed E-state index contributed by atoms with van der Waals surface area (Å²) >= 11 is 0. The summed E-state index contributed by atoms with van der Waals surface area (Å²) in [7, 11) is 0. The molecular weight excluding hydrogens is 321 g/mol. The minimum absolute atomic E-state index is 0. The molecule has 0 aromatic carbocycles. The SMILES string of the molecule is CC[N+]1(C2CC(C)CC(C)(C)C2)CCCC1.[I-]. The number of quaternary nitrogens is 1. The Morgan fingerprint density at radius 1 is 1.12 bits per heavy atom. The fourth-order valence-electron chi connectivity index (χ4n) is 4.62. The molecule has 0 N–H and O–H groups in total. The van der Waals surface area contributed by atoms with Gasteiger partial charge >= 0.3 is 0 Å². The highest BCUT2D eigenvalue weighted by Gasteiger charge is 2.44. The summed E-state index contributed by atoms with van der Waals surface area (Å²) in [5, 5.41) is 0. The van der Waals surface area contributed by atoms with E-state index in [1.54, 1.807) is 0 Å². The first-order chi connectivity index (χ1) is 7.47. The molecule has 1 nitrogen and oxygen atoms in total. The first-order valence-corrected chi connectivity index (χ1v) is 7.33. The average molecular weight is 351 g/mol. The summed E-state index contributed by atoms with van der Waals surface area (Å²) in [6, 6.07) is 0.964. The van der Waals surface area contributed by atoms with Gasteiger partial charge < -0.3 is 28.5 Å². The van der Waals surface area contributed by atoms with Crippen molar-refractivity contribution in [3.8, 4) is 0 Å². The van der Waals surface area contributed by atoms with Crippen molar-refractivity contribution < 1.29 is 28.5 Å². The van der Waals surface area contributed by atoms with Crippen LogP contribution in [-0.4, -0.2) is 30.2 Å². The second kappa shape index (κ2) is 5.77. The van der Waals surface area contributed by atoms with E-state index in [0.29, 0.717) is 5.41 Å². The summed E-state index contributed by atoms with van der Waals surface area (Å²) < 4.78 is 1.45. The van der Waals surface area contributed by atoms with Crippen LogP contribution in [0, 0.1) is 11.3 Å². The number of hydrogen-bond donors (Lipinski definition) is 0. The zero-order valence-corrected chi connectivity index (χ0v) is 14.3. The van der Waals surface area contributed by atoms with Crippen LogP contribution in [-0.2, 0) is 0 Å². The van der Waals surface area contributed by atoms with Crippen molar-refractivity contribution in [2.45, 2.75) is 65.8 Å². The third-order valence-corrected chi connectivity index (χ3v) is 5.22. The lowest BCUT2D eigenvalue weighted by Crippen LogP contribution is -3.00. The molecule has 2 unspecified atom stereocenters. The zero-order valence-electron chi connectivity index (χ0n) is 12.1. The minimum atomic E-state index is 0. The predicted octanol–water partition coefficient (Wildman–Crippen LogP) is 0.836. The summed E-state index contributed by atoms with van der Waals surface area (Å²) in [6.45, 7) is 14.1. The number of rotatable bonds is 2. The highest BCUT2D eigenvalue weighted by atomic mass is 127. The maximum Gasteiger partial charge on any atom is 0.0898 e. The summed E-state index contributed by atoms with van der Waals surface area (Å²) in [6.07, 6.45) is 7.33. The molecule has 17 heavy (non-hydrogen) atoms. The maximum atomic E-state index is 2.48. The maximum absolute atomic E-state index is 2.48. The molecule has 2 rings (SSSR count). The number of hydrogen-bond acceptors (Lipinski definition) is 0. The standard InChI is InChI=1S/C15H30N.HI/c1-5-16(8-6-7-9-16)14-10-13(2)11-15(3,4)12-14;/h13-14H,5-12H2,1-4H3;1H/q+1;/p-1. The normalized spacial score (nSPS) is 35.3. The molecule has 2 fully saturated rings. The van der Waals surface area contributed by atoms with E-state index in [0.717, 1.165) is 12.0 Å². The molecule has 1 aliphatic carbocycles. The Hall–Kier alpha value is 0.690. The summed E-state index contributed by atoms with van der Waals surface area (Å²) in [5.74, 6) is 0.941. The van der Waals surface area contributed by atoms with Gasteiger partial charge in [-0.3, -0.25) is 0 Å². The van der Waals surface area contributed by atoms with Gasteiger partial charge in [-0.05, 0) is 24.7 Å². The van der Waals surface area contributed by atoms with Crippen LogP contribution in [0.2, 0.25) is 0 Å². The Bertz CT molecular complexity index is 243.